The van der Waals surface area contributed by atoms with Gasteiger partial charge in [0.15, 0.2) is 9.84 Å². The fourth-order valence-electron chi connectivity index (χ4n) is 0.913. The van der Waals surface area contributed by atoms with E-state index in [9.17, 15) is 8.42 Å². The molecule has 1 aliphatic heterocycles. The van der Waals surface area contributed by atoms with Crippen molar-refractivity contribution in [2.24, 2.45) is 0 Å². The van der Waals surface area contributed by atoms with E-state index in [4.69, 9.17) is 17.0 Å². The summed E-state index contributed by atoms with van der Waals surface area (Å²) in [5.41, 5.74) is 0. The van der Waals surface area contributed by atoms with Crippen LogP contribution in [-0.2, 0) is 9.84 Å². The molecule has 64 valence electrons. The number of nitrogens with one attached hydrogen (secondary N) is 1. The Labute approximate surface area is 70.6 Å². The Bertz CT molecular complexity index is 262. The van der Waals surface area contributed by atoms with E-state index >= 15 is 0 Å². The minimum atomic E-state index is -2.92. The fourth-order valence-corrected chi connectivity index (χ4v) is 2.47. The summed E-state index contributed by atoms with van der Waals surface area (Å²) >= 11 is 5.36. The molecule has 0 aromatic rings. The molecule has 0 aromatic heterocycles. The standard InChI is InChI=1S/C5H9ClN2O2S/c6-3-5(7)8-1-2-11(9,10)4-8/h7H,1-4H2. The Kier molecular flexibility index (Phi) is 2.39. The average molecular weight is 197 g/mol. The van der Waals surface area contributed by atoms with Crippen LogP contribution in [0.4, 0.5) is 0 Å². The molecule has 0 aromatic carbocycles. The normalized spacial score (nSPS) is 22.1. The number of amidine groups is 1. The minimum absolute atomic E-state index is 0.0431. The maximum absolute atomic E-state index is 10.9. The molecule has 1 fully saturated rings. The summed E-state index contributed by atoms with van der Waals surface area (Å²) in [7, 11) is -2.92. The van der Waals surface area contributed by atoms with Gasteiger partial charge in [0, 0.05) is 6.54 Å². The SMILES string of the molecule is N=C(CCl)N1CCS(=O)(=O)C1. The van der Waals surface area contributed by atoms with Crippen molar-refractivity contribution in [3.63, 3.8) is 0 Å². The summed E-state index contributed by atoms with van der Waals surface area (Å²) in [6.07, 6.45) is 0. The highest BCUT2D eigenvalue weighted by atomic mass is 35.5. The van der Waals surface area contributed by atoms with Gasteiger partial charge in [-0.3, -0.25) is 5.41 Å². The third-order valence-electron chi connectivity index (χ3n) is 1.53. The summed E-state index contributed by atoms with van der Waals surface area (Å²) in [4.78, 5) is 1.47. The summed E-state index contributed by atoms with van der Waals surface area (Å²) < 4.78 is 21.8. The van der Waals surface area contributed by atoms with E-state index in [-0.39, 0.29) is 23.3 Å². The van der Waals surface area contributed by atoms with Gasteiger partial charge in [-0.1, -0.05) is 0 Å². The zero-order valence-electron chi connectivity index (χ0n) is 5.88. The maximum atomic E-state index is 10.9. The summed E-state index contributed by atoms with van der Waals surface area (Å²) in [6.45, 7) is 0.411. The highest BCUT2D eigenvalue weighted by Crippen LogP contribution is 2.07. The second kappa shape index (κ2) is 2.98. The monoisotopic (exact) mass is 196 g/mol. The van der Waals surface area contributed by atoms with E-state index < -0.39 is 9.84 Å². The van der Waals surface area contributed by atoms with Crippen LogP contribution in [0.15, 0.2) is 0 Å². The highest BCUT2D eigenvalue weighted by Gasteiger charge is 2.26. The maximum Gasteiger partial charge on any atom is 0.170 e. The van der Waals surface area contributed by atoms with Crippen LogP contribution in [0.2, 0.25) is 0 Å². The van der Waals surface area contributed by atoms with Gasteiger partial charge in [0.05, 0.1) is 11.6 Å². The number of hydrogen-bond donors (Lipinski definition) is 1. The van der Waals surface area contributed by atoms with Gasteiger partial charge in [-0.25, -0.2) is 8.42 Å². The van der Waals surface area contributed by atoms with E-state index in [0.29, 0.717) is 6.54 Å². The Balaban J connectivity index is 2.62. The molecule has 4 nitrogen and oxygen atoms in total. The molecule has 0 saturated carbocycles. The van der Waals surface area contributed by atoms with E-state index in [1.165, 1.54) is 4.90 Å². The van der Waals surface area contributed by atoms with Crippen LogP contribution in [0.25, 0.3) is 0 Å². The van der Waals surface area contributed by atoms with Crippen molar-refractivity contribution < 1.29 is 8.42 Å². The molecule has 0 atom stereocenters. The second-order valence-electron chi connectivity index (χ2n) is 2.42. The lowest BCUT2D eigenvalue weighted by Crippen LogP contribution is -2.29. The number of hydrogen-bond acceptors (Lipinski definition) is 3. The third kappa shape index (κ3) is 2.07. The summed E-state index contributed by atoms with van der Waals surface area (Å²) in [5, 5.41) is 7.24. The molecular formula is C5H9ClN2O2S. The topological polar surface area (TPSA) is 61.2 Å². The minimum Gasteiger partial charge on any atom is -0.344 e. The van der Waals surface area contributed by atoms with Crippen molar-refractivity contribution in [3.05, 3.63) is 0 Å². The first kappa shape index (κ1) is 8.80. The molecule has 1 aliphatic rings. The van der Waals surface area contributed by atoms with Crippen molar-refractivity contribution in [1.82, 2.24) is 4.90 Å². The molecule has 0 radical (unpaired) electrons. The van der Waals surface area contributed by atoms with Crippen molar-refractivity contribution in [1.29, 1.82) is 5.41 Å². The molecule has 0 unspecified atom stereocenters. The number of alkyl halides is 1. The zero-order chi connectivity index (χ0) is 8.48. The van der Waals surface area contributed by atoms with Crippen LogP contribution in [0.1, 0.15) is 0 Å². The van der Waals surface area contributed by atoms with Crippen LogP contribution >= 0.6 is 11.6 Å². The first-order valence-corrected chi connectivity index (χ1v) is 5.49. The quantitative estimate of drug-likeness (QED) is 0.362. The van der Waals surface area contributed by atoms with Gasteiger partial charge in [-0.2, -0.15) is 0 Å². The van der Waals surface area contributed by atoms with Crippen LogP contribution in [0, 0.1) is 5.41 Å². The zero-order valence-corrected chi connectivity index (χ0v) is 7.45. The van der Waals surface area contributed by atoms with Gasteiger partial charge in [0.25, 0.3) is 0 Å². The molecule has 0 amide bonds. The van der Waals surface area contributed by atoms with Gasteiger partial charge >= 0.3 is 0 Å². The highest BCUT2D eigenvalue weighted by molar-refractivity contribution is 7.91. The van der Waals surface area contributed by atoms with Gasteiger partial charge in [-0.05, 0) is 0 Å². The van der Waals surface area contributed by atoms with E-state index in [2.05, 4.69) is 0 Å². The predicted octanol–water partition coefficient (Wildman–Crippen LogP) is -0.110. The Morgan fingerprint density at radius 1 is 1.64 bits per heavy atom. The van der Waals surface area contributed by atoms with Crippen LogP contribution in [0.5, 0.6) is 0 Å². The molecule has 1 rings (SSSR count). The van der Waals surface area contributed by atoms with Crippen LogP contribution in [-0.4, -0.2) is 43.2 Å². The molecular weight excluding hydrogens is 188 g/mol. The van der Waals surface area contributed by atoms with Gasteiger partial charge in [0.1, 0.15) is 11.7 Å². The first-order valence-electron chi connectivity index (χ1n) is 3.14. The van der Waals surface area contributed by atoms with Gasteiger partial charge in [0.2, 0.25) is 0 Å². The molecule has 1 heterocycles. The van der Waals surface area contributed by atoms with Crippen molar-refractivity contribution in [2.45, 2.75) is 0 Å². The van der Waals surface area contributed by atoms with Crippen LogP contribution < -0.4 is 0 Å². The van der Waals surface area contributed by atoms with Crippen molar-refractivity contribution in [2.75, 3.05) is 24.1 Å². The molecule has 0 bridgehead atoms. The van der Waals surface area contributed by atoms with Crippen LogP contribution in [0.3, 0.4) is 0 Å². The molecule has 1 saturated heterocycles. The molecule has 0 aliphatic carbocycles. The van der Waals surface area contributed by atoms with Crippen molar-refractivity contribution >= 4 is 27.3 Å². The third-order valence-corrected chi connectivity index (χ3v) is 3.30. The Morgan fingerprint density at radius 2 is 2.27 bits per heavy atom. The predicted molar refractivity (Wildman–Crippen MR) is 43.8 cm³/mol. The smallest absolute Gasteiger partial charge is 0.170 e. The molecule has 11 heavy (non-hydrogen) atoms. The van der Waals surface area contributed by atoms with Crippen molar-refractivity contribution in [3.8, 4) is 0 Å². The second-order valence-corrected chi connectivity index (χ2v) is 4.84. The lowest BCUT2D eigenvalue weighted by atomic mass is 10.5. The van der Waals surface area contributed by atoms with E-state index in [0.717, 1.165) is 0 Å². The summed E-state index contributed by atoms with van der Waals surface area (Å²) in [6, 6.07) is 0. The summed E-state index contributed by atoms with van der Waals surface area (Å²) in [5.74, 6) is 0.369. The average Bonchev–Trinajstić information content (AvgIpc) is 2.29. The number of rotatable bonds is 1. The van der Waals surface area contributed by atoms with Gasteiger partial charge < -0.3 is 4.90 Å². The molecule has 1 N–H and O–H groups in total. The number of nitrogens with zero attached hydrogens (tertiary/aromatic N) is 1. The largest absolute Gasteiger partial charge is 0.344 e. The van der Waals surface area contributed by atoms with E-state index in [1.807, 2.05) is 0 Å². The van der Waals surface area contributed by atoms with Gasteiger partial charge in [-0.15, -0.1) is 11.6 Å². The number of sulfone groups is 1. The van der Waals surface area contributed by atoms with E-state index in [1.54, 1.807) is 0 Å². The Hall–Kier alpha value is -0.290. The first-order chi connectivity index (χ1) is 5.05. The molecule has 0 spiro atoms. The lowest BCUT2D eigenvalue weighted by molar-refractivity contribution is 0.528. The fraction of sp³-hybridized carbons (Fsp3) is 0.800. The Morgan fingerprint density at radius 3 is 2.64 bits per heavy atom. The number of halogens is 1. The lowest BCUT2D eigenvalue weighted by Gasteiger charge is -2.13. The molecule has 6 heteroatoms.